The van der Waals surface area contributed by atoms with E-state index in [2.05, 4.69) is 33.0 Å². The minimum atomic E-state index is 0.135. The van der Waals surface area contributed by atoms with Gasteiger partial charge in [-0.1, -0.05) is 18.2 Å². The summed E-state index contributed by atoms with van der Waals surface area (Å²) in [6.45, 7) is 7.48. The Labute approximate surface area is 185 Å². The number of likely N-dealkylation sites (tertiary alicyclic amines) is 1. The molecule has 2 aliphatic rings. The van der Waals surface area contributed by atoms with Crippen LogP contribution in [0.5, 0.6) is 0 Å². The Morgan fingerprint density at radius 2 is 1.87 bits per heavy atom. The molecule has 6 nitrogen and oxygen atoms in total. The number of aromatic nitrogens is 1. The van der Waals surface area contributed by atoms with Crippen LogP contribution in [0.15, 0.2) is 48.7 Å². The Morgan fingerprint density at radius 3 is 2.61 bits per heavy atom. The van der Waals surface area contributed by atoms with Gasteiger partial charge in [0.1, 0.15) is 0 Å². The molecule has 1 aromatic heterocycles. The number of amides is 1. The van der Waals surface area contributed by atoms with Crippen LogP contribution in [-0.2, 0) is 17.7 Å². The number of benzene rings is 1. The lowest BCUT2D eigenvalue weighted by atomic mass is 10.0. The standard InChI is InChI=1S/C25H34N4O2/c1-27(24-9-13-28(14-10-24)12-8-23-7-2-3-11-26-23)25(30)22-6-4-5-21(19-22)20-29-15-17-31-18-16-29/h2-7,11,19,24H,8-10,12-18,20H2,1H3. The zero-order chi connectivity index (χ0) is 21.5. The number of carbonyl (C=O) groups is 1. The summed E-state index contributed by atoms with van der Waals surface area (Å²) in [6.07, 6.45) is 4.89. The Morgan fingerprint density at radius 1 is 1.06 bits per heavy atom. The molecule has 31 heavy (non-hydrogen) atoms. The molecular formula is C25H34N4O2. The average Bonchev–Trinajstić information content (AvgIpc) is 2.83. The fraction of sp³-hybridized carbons (Fsp3) is 0.520. The first-order chi connectivity index (χ1) is 15.2. The van der Waals surface area contributed by atoms with Gasteiger partial charge in [-0.15, -0.1) is 0 Å². The number of piperidine rings is 1. The van der Waals surface area contributed by atoms with Gasteiger partial charge in [-0.2, -0.15) is 0 Å². The molecule has 4 rings (SSSR count). The maximum absolute atomic E-state index is 13.2. The molecule has 2 aliphatic heterocycles. The van der Waals surface area contributed by atoms with Crippen molar-refractivity contribution in [1.29, 1.82) is 0 Å². The molecule has 1 aromatic carbocycles. The molecule has 6 heteroatoms. The van der Waals surface area contributed by atoms with Crippen molar-refractivity contribution in [3.63, 3.8) is 0 Å². The number of pyridine rings is 1. The predicted molar refractivity (Wildman–Crippen MR) is 122 cm³/mol. The number of carbonyl (C=O) groups excluding carboxylic acids is 1. The minimum absolute atomic E-state index is 0.135. The highest BCUT2D eigenvalue weighted by atomic mass is 16.5. The first kappa shape index (κ1) is 21.9. The second-order valence-electron chi connectivity index (χ2n) is 8.65. The topological polar surface area (TPSA) is 48.9 Å². The maximum atomic E-state index is 13.2. The maximum Gasteiger partial charge on any atom is 0.253 e. The van der Waals surface area contributed by atoms with Gasteiger partial charge >= 0.3 is 0 Å². The Bertz CT molecular complexity index is 830. The third kappa shape index (κ3) is 6.12. The van der Waals surface area contributed by atoms with E-state index in [1.54, 1.807) is 0 Å². The van der Waals surface area contributed by atoms with Gasteiger partial charge in [0.2, 0.25) is 0 Å². The van der Waals surface area contributed by atoms with E-state index in [0.29, 0.717) is 6.04 Å². The Hall–Kier alpha value is -2.28. The lowest BCUT2D eigenvalue weighted by Gasteiger charge is -2.36. The van der Waals surface area contributed by atoms with E-state index in [1.165, 1.54) is 5.56 Å². The molecule has 0 aliphatic carbocycles. The smallest absolute Gasteiger partial charge is 0.253 e. The van der Waals surface area contributed by atoms with Gasteiger partial charge < -0.3 is 14.5 Å². The van der Waals surface area contributed by atoms with Gasteiger partial charge in [-0.3, -0.25) is 14.7 Å². The highest BCUT2D eigenvalue weighted by Gasteiger charge is 2.26. The molecule has 2 aromatic rings. The molecular weight excluding hydrogens is 388 g/mol. The SMILES string of the molecule is CN(C(=O)c1cccc(CN2CCOCC2)c1)C1CCN(CCc2ccccn2)CC1. The average molecular weight is 423 g/mol. The van der Waals surface area contributed by atoms with E-state index in [9.17, 15) is 4.79 Å². The fourth-order valence-corrected chi connectivity index (χ4v) is 4.54. The lowest BCUT2D eigenvalue weighted by molar-refractivity contribution is 0.0341. The quantitative estimate of drug-likeness (QED) is 0.687. The summed E-state index contributed by atoms with van der Waals surface area (Å²) in [6, 6.07) is 14.5. The zero-order valence-electron chi connectivity index (χ0n) is 18.6. The summed E-state index contributed by atoms with van der Waals surface area (Å²) in [5, 5.41) is 0. The van der Waals surface area contributed by atoms with Crippen LogP contribution in [0.4, 0.5) is 0 Å². The molecule has 0 atom stereocenters. The minimum Gasteiger partial charge on any atom is -0.379 e. The number of nitrogens with zero attached hydrogens (tertiary/aromatic N) is 4. The number of hydrogen-bond donors (Lipinski definition) is 0. The molecule has 0 bridgehead atoms. The van der Waals surface area contributed by atoms with Gasteiger partial charge in [0, 0.05) is 76.2 Å². The van der Waals surface area contributed by atoms with Crippen LogP contribution in [-0.4, -0.2) is 84.6 Å². The van der Waals surface area contributed by atoms with Crippen molar-refractivity contribution in [2.24, 2.45) is 0 Å². The molecule has 2 saturated heterocycles. The summed E-state index contributed by atoms with van der Waals surface area (Å²) in [4.78, 5) is 24.4. The van der Waals surface area contributed by atoms with Crippen molar-refractivity contribution in [2.75, 3.05) is 53.0 Å². The van der Waals surface area contributed by atoms with Crippen molar-refractivity contribution in [1.82, 2.24) is 19.7 Å². The molecule has 3 heterocycles. The van der Waals surface area contributed by atoms with E-state index >= 15 is 0 Å². The van der Waals surface area contributed by atoms with Crippen LogP contribution in [0.1, 0.15) is 34.5 Å². The number of morpholine rings is 1. The summed E-state index contributed by atoms with van der Waals surface area (Å²) >= 11 is 0. The number of rotatable bonds is 7. The van der Waals surface area contributed by atoms with E-state index in [1.807, 2.05) is 42.4 Å². The van der Waals surface area contributed by atoms with Crippen molar-refractivity contribution in [3.8, 4) is 0 Å². The third-order valence-corrected chi connectivity index (χ3v) is 6.52. The highest BCUT2D eigenvalue weighted by Crippen LogP contribution is 2.19. The molecule has 2 fully saturated rings. The van der Waals surface area contributed by atoms with Crippen LogP contribution in [0.2, 0.25) is 0 Å². The van der Waals surface area contributed by atoms with Gasteiger partial charge in [-0.25, -0.2) is 0 Å². The monoisotopic (exact) mass is 422 g/mol. The van der Waals surface area contributed by atoms with E-state index in [-0.39, 0.29) is 5.91 Å². The van der Waals surface area contributed by atoms with E-state index in [4.69, 9.17) is 4.74 Å². The van der Waals surface area contributed by atoms with Crippen LogP contribution >= 0.6 is 0 Å². The lowest BCUT2D eigenvalue weighted by Crippen LogP contribution is -2.46. The Balaban J connectivity index is 1.27. The van der Waals surface area contributed by atoms with E-state index < -0.39 is 0 Å². The van der Waals surface area contributed by atoms with Gasteiger partial charge in [0.05, 0.1) is 13.2 Å². The first-order valence-electron chi connectivity index (χ1n) is 11.5. The van der Waals surface area contributed by atoms with Gasteiger partial charge in [0.25, 0.3) is 5.91 Å². The zero-order valence-corrected chi connectivity index (χ0v) is 18.6. The van der Waals surface area contributed by atoms with Crippen molar-refractivity contribution >= 4 is 5.91 Å². The molecule has 166 valence electrons. The number of ether oxygens (including phenoxy) is 1. The summed E-state index contributed by atoms with van der Waals surface area (Å²) in [5.41, 5.74) is 3.14. The molecule has 0 unspecified atom stereocenters. The van der Waals surface area contributed by atoms with Crippen molar-refractivity contribution < 1.29 is 9.53 Å². The van der Waals surface area contributed by atoms with Crippen LogP contribution < -0.4 is 0 Å². The molecule has 0 radical (unpaired) electrons. The van der Waals surface area contributed by atoms with Gasteiger partial charge in [0.15, 0.2) is 0 Å². The Kier molecular flexibility index (Phi) is 7.67. The molecule has 0 spiro atoms. The first-order valence-corrected chi connectivity index (χ1v) is 11.5. The second kappa shape index (κ2) is 10.8. The molecule has 0 saturated carbocycles. The molecule has 1 amide bonds. The molecule has 0 N–H and O–H groups in total. The summed E-state index contributed by atoms with van der Waals surface area (Å²) in [7, 11) is 1.96. The second-order valence-corrected chi connectivity index (χ2v) is 8.65. The summed E-state index contributed by atoms with van der Waals surface area (Å²) in [5.74, 6) is 0.135. The highest BCUT2D eigenvalue weighted by molar-refractivity contribution is 5.94. The van der Waals surface area contributed by atoms with Crippen molar-refractivity contribution in [2.45, 2.75) is 31.8 Å². The van der Waals surface area contributed by atoms with Gasteiger partial charge in [-0.05, 0) is 42.7 Å². The van der Waals surface area contributed by atoms with Crippen LogP contribution in [0.3, 0.4) is 0 Å². The normalized spacial score (nSPS) is 18.7. The third-order valence-electron chi connectivity index (χ3n) is 6.52. The predicted octanol–water partition coefficient (Wildman–Crippen LogP) is 2.69. The van der Waals surface area contributed by atoms with E-state index in [0.717, 1.165) is 83.0 Å². The fourth-order valence-electron chi connectivity index (χ4n) is 4.54. The van der Waals surface area contributed by atoms with Crippen LogP contribution in [0, 0.1) is 0 Å². The largest absolute Gasteiger partial charge is 0.379 e. The van der Waals surface area contributed by atoms with Crippen LogP contribution in [0.25, 0.3) is 0 Å². The summed E-state index contributed by atoms with van der Waals surface area (Å²) < 4.78 is 5.43. The van der Waals surface area contributed by atoms with Crippen molar-refractivity contribution in [3.05, 3.63) is 65.5 Å². The number of hydrogen-bond acceptors (Lipinski definition) is 5.